The lowest BCUT2D eigenvalue weighted by molar-refractivity contribution is -0.140. The number of fused-ring (bicyclic) bond motifs is 1. The van der Waals surface area contributed by atoms with Gasteiger partial charge < -0.3 is 38.9 Å². The number of carbonyl (C=O) groups is 4. The van der Waals surface area contributed by atoms with Crippen LogP contribution < -0.4 is 10.1 Å². The Balaban J connectivity index is 1.27. The quantitative estimate of drug-likeness (QED) is 0.0472. The van der Waals surface area contributed by atoms with Gasteiger partial charge in [0.1, 0.15) is 18.1 Å². The van der Waals surface area contributed by atoms with Gasteiger partial charge in [0.2, 0.25) is 5.91 Å². The van der Waals surface area contributed by atoms with E-state index in [4.69, 9.17) is 23.7 Å². The van der Waals surface area contributed by atoms with Crippen LogP contribution >= 0.6 is 0 Å². The van der Waals surface area contributed by atoms with Gasteiger partial charge in [-0.15, -0.1) is 0 Å². The zero-order chi connectivity index (χ0) is 43.8. The average molecular weight is 841 g/mol. The molecule has 3 aromatic carbocycles. The highest BCUT2D eigenvalue weighted by molar-refractivity contribution is 6.00. The van der Waals surface area contributed by atoms with E-state index in [-0.39, 0.29) is 31.0 Å². The van der Waals surface area contributed by atoms with E-state index in [0.717, 1.165) is 70.3 Å². The van der Waals surface area contributed by atoms with Crippen LogP contribution in [0, 0.1) is 12.8 Å². The van der Waals surface area contributed by atoms with Crippen molar-refractivity contribution in [3.05, 3.63) is 95.8 Å². The van der Waals surface area contributed by atoms with Crippen LogP contribution in [0.25, 0.3) is 21.9 Å². The number of hydrogen-bond donors (Lipinski definition) is 2. The molecule has 0 fully saturated rings. The molecule has 2 atom stereocenters. The van der Waals surface area contributed by atoms with Crippen molar-refractivity contribution in [1.29, 1.82) is 0 Å². The molecule has 4 rings (SSSR count). The summed E-state index contributed by atoms with van der Waals surface area (Å²) in [6.45, 7) is 12.4. The molecule has 1 heterocycles. The lowest BCUT2D eigenvalue weighted by Gasteiger charge is -2.21. The number of carboxylic acids is 1. The van der Waals surface area contributed by atoms with Crippen LogP contribution in [0.4, 0.5) is 0 Å². The Morgan fingerprint density at radius 1 is 0.721 bits per heavy atom. The van der Waals surface area contributed by atoms with Crippen molar-refractivity contribution in [2.75, 3.05) is 59.5 Å². The van der Waals surface area contributed by atoms with Crippen LogP contribution in [0.3, 0.4) is 0 Å². The van der Waals surface area contributed by atoms with E-state index in [9.17, 15) is 24.3 Å². The second-order valence-electron chi connectivity index (χ2n) is 15.8. The number of carboxylic acid groups (broad SMARTS) is 1. The second-order valence-corrected chi connectivity index (χ2v) is 15.8. The predicted octanol–water partition coefficient (Wildman–Crippen LogP) is 8.10. The number of aliphatic carboxylic acids is 1. The van der Waals surface area contributed by atoms with E-state index in [2.05, 4.69) is 24.1 Å². The lowest BCUT2D eigenvalue weighted by atomic mass is 9.86. The summed E-state index contributed by atoms with van der Waals surface area (Å²) in [4.78, 5) is 54.9. The molecule has 12 heteroatoms. The Labute approximate surface area is 360 Å². The summed E-state index contributed by atoms with van der Waals surface area (Å²) in [7, 11) is 0. The van der Waals surface area contributed by atoms with Gasteiger partial charge in [-0.2, -0.15) is 0 Å². The van der Waals surface area contributed by atoms with Gasteiger partial charge in [-0.1, -0.05) is 68.4 Å². The molecule has 0 bridgehead atoms. The maximum atomic E-state index is 13.6. The highest BCUT2D eigenvalue weighted by Gasteiger charge is 2.27. The Morgan fingerprint density at radius 3 is 1.98 bits per heavy atom. The van der Waals surface area contributed by atoms with E-state index < -0.39 is 30.1 Å². The standard InChI is InChI=1S/C49H64N2O10/c1-35(2)20-22-57-23-24-58-25-26-59-27-28-60-29-30-61-47-18-17-42(43-10-6-7-11-44(43)47)39-15-13-38(14-16-39)40(32-37(4)52)33-46(53)45(34-49(55)56)51-48(54)12-8-5-9-41-31-36(3)19-21-50-41/h6-7,10-11,13-19,21,31,35,40,45H,5,8-9,12,20,22-30,32-34H2,1-4H3,(H,51,54)(H,55,56)/t40-,45+/m1/s1. The van der Waals surface area contributed by atoms with Crippen molar-refractivity contribution in [3.63, 3.8) is 0 Å². The Bertz CT molecular complexity index is 1960. The molecule has 0 aliphatic carbocycles. The number of aryl methyl sites for hydroxylation is 2. The minimum Gasteiger partial charge on any atom is -0.491 e. The molecule has 0 unspecified atom stereocenters. The fraction of sp³-hybridized carbons (Fsp3) is 0.490. The van der Waals surface area contributed by atoms with E-state index in [1.807, 2.05) is 79.7 Å². The number of amides is 1. The van der Waals surface area contributed by atoms with Gasteiger partial charge in [-0.05, 0) is 97.2 Å². The number of hydrogen-bond acceptors (Lipinski definition) is 10. The van der Waals surface area contributed by atoms with Gasteiger partial charge in [0.15, 0.2) is 5.78 Å². The van der Waals surface area contributed by atoms with Gasteiger partial charge in [0.05, 0.1) is 58.7 Å². The third kappa shape index (κ3) is 18.2. The summed E-state index contributed by atoms with van der Waals surface area (Å²) in [5, 5.41) is 14.2. The molecule has 12 nitrogen and oxygen atoms in total. The van der Waals surface area contributed by atoms with Crippen molar-refractivity contribution >= 4 is 34.2 Å². The number of ether oxygens (including phenoxy) is 5. The fourth-order valence-electron chi connectivity index (χ4n) is 6.93. The third-order valence-corrected chi connectivity index (χ3v) is 10.2. The number of benzene rings is 3. The summed E-state index contributed by atoms with van der Waals surface area (Å²) in [5.41, 5.74) is 4.77. The van der Waals surface area contributed by atoms with Gasteiger partial charge in [-0.3, -0.25) is 19.4 Å². The molecule has 0 spiro atoms. The fourth-order valence-corrected chi connectivity index (χ4v) is 6.93. The molecule has 4 aromatic rings. The summed E-state index contributed by atoms with van der Waals surface area (Å²) in [5.74, 6) is -1.21. The van der Waals surface area contributed by atoms with Crippen molar-refractivity contribution < 1.29 is 48.0 Å². The number of carbonyl (C=O) groups excluding carboxylic acids is 3. The monoisotopic (exact) mass is 840 g/mol. The second kappa shape index (κ2) is 27.0. The lowest BCUT2D eigenvalue weighted by Crippen LogP contribution is -2.42. The van der Waals surface area contributed by atoms with Crippen LogP contribution in [0.2, 0.25) is 0 Å². The number of unbranched alkanes of at least 4 members (excludes halogenated alkanes) is 1. The first-order valence-electron chi connectivity index (χ1n) is 21.5. The molecular weight excluding hydrogens is 777 g/mol. The third-order valence-electron chi connectivity index (χ3n) is 10.2. The molecule has 1 amide bonds. The first-order valence-corrected chi connectivity index (χ1v) is 21.5. The van der Waals surface area contributed by atoms with E-state index in [1.54, 1.807) is 6.20 Å². The highest BCUT2D eigenvalue weighted by Crippen LogP contribution is 2.36. The maximum Gasteiger partial charge on any atom is 0.305 e. The molecule has 330 valence electrons. The van der Waals surface area contributed by atoms with Gasteiger partial charge in [0, 0.05) is 43.1 Å². The van der Waals surface area contributed by atoms with E-state index >= 15 is 0 Å². The average Bonchev–Trinajstić information content (AvgIpc) is 3.23. The number of nitrogens with one attached hydrogen (secondary N) is 1. The number of nitrogens with zero attached hydrogens (tertiary/aromatic N) is 1. The summed E-state index contributed by atoms with van der Waals surface area (Å²) in [6, 6.07) is 22.4. The Hall–Kier alpha value is -5.01. The number of Topliss-reactive ketones (excluding diaryl/α,β-unsaturated/α-hetero) is 2. The Kier molecular flexibility index (Phi) is 21.6. The summed E-state index contributed by atoms with van der Waals surface area (Å²) < 4.78 is 28.5. The minimum absolute atomic E-state index is 0.0914. The van der Waals surface area contributed by atoms with Crippen LogP contribution in [-0.2, 0) is 44.5 Å². The van der Waals surface area contributed by atoms with Gasteiger partial charge >= 0.3 is 5.97 Å². The van der Waals surface area contributed by atoms with E-state index in [0.29, 0.717) is 65.2 Å². The first kappa shape index (κ1) is 48.7. The van der Waals surface area contributed by atoms with Crippen LogP contribution in [0.1, 0.15) is 88.5 Å². The van der Waals surface area contributed by atoms with Crippen LogP contribution in [0.15, 0.2) is 79.0 Å². The van der Waals surface area contributed by atoms with Crippen molar-refractivity contribution in [2.24, 2.45) is 5.92 Å². The van der Waals surface area contributed by atoms with Crippen LogP contribution in [0.5, 0.6) is 5.75 Å². The molecule has 2 N–H and O–H groups in total. The predicted molar refractivity (Wildman–Crippen MR) is 236 cm³/mol. The largest absolute Gasteiger partial charge is 0.491 e. The van der Waals surface area contributed by atoms with Crippen molar-refractivity contribution in [1.82, 2.24) is 10.3 Å². The summed E-state index contributed by atoms with van der Waals surface area (Å²) >= 11 is 0. The molecule has 0 aliphatic rings. The zero-order valence-electron chi connectivity index (χ0n) is 36.3. The van der Waals surface area contributed by atoms with Crippen molar-refractivity contribution in [2.45, 2.75) is 91.0 Å². The normalized spacial score (nSPS) is 12.3. The summed E-state index contributed by atoms with van der Waals surface area (Å²) in [6.07, 6.45) is 4.45. The minimum atomic E-state index is -1.20. The first-order chi connectivity index (χ1) is 29.5. The van der Waals surface area contributed by atoms with E-state index in [1.165, 1.54) is 6.92 Å². The maximum absolute atomic E-state index is 13.6. The van der Waals surface area contributed by atoms with Gasteiger partial charge in [0.25, 0.3) is 0 Å². The molecule has 0 radical (unpaired) electrons. The highest BCUT2D eigenvalue weighted by atomic mass is 16.6. The topological polar surface area (TPSA) is 160 Å². The molecule has 0 aliphatic heterocycles. The number of ketones is 2. The van der Waals surface area contributed by atoms with Crippen LogP contribution in [-0.4, -0.2) is 99.0 Å². The molecule has 61 heavy (non-hydrogen) atoms. The molecule has 1 aromatic heterocycles. The molecule has 0 saturated carbocycles. The smallest absolute Gasteiger partial charge is 0.305 e. The molecule has 0 saturated heterocycles. The molecular formula is C49H64N2O10. The number of rotatable bonds is 31. The SMILES string of the molecule is CC(=O)C[C@H](CC(=O)[C@H](CC(=O)O)NC(=O)CCCCc1cc(C)ccn1)c1ccc(-c2ccc(OCCOCCOCCOCCOCCC(C)C)c3ccccc23)cc1. The zero-order valence-corrected chi connectivity index (χ0v) is 36.3. The number of aromatic nitrogens is 1. The van der Waals surface area contributed by atoms with Gasteiger partial charge in [-0.25, -0.2) is 0 Å². The Morgan fingerprint density at radius 2 is 1.36 bits per heavy atom. The number of pyridine rings is 1. The van der Waals surface area contributed by atoms with Crippen molar-refractivity contribution in [3.8, 4) is 16.9 Å².